The van der Waals surface area contributed by atoms with Crippen LogP contribution in [0.4, 0.5) is 9.18 Å². The molecule has 0 radical (unpaired) electrons. The number of nitrogens with one attached hydrogen (secondary N) is 2. The molecule has 8 nitrogen and oxygen atoms in total. The van der Waals surface area contributed by atoms with Crippen LogP contribution in [0.25, 0.3) is 17.2 Å². The number of carbonyl (C=O) groups excluding carboxylic acids is 2. The number of benzene rings is 3. The SMILES string of the molecule is COc1cc(/C=C2/C(C)=C(CC(=O)NCc3ccccc3)c3cc(F)ccc32)cc(OC)c1OC(=O)NC1CCN(C)CC1. The van der Waals surface area contributed by atoms with Crippen LogP contribution in [0.2, 0.25) is 0 Å². The monoisotopic (exact) mass is 599 g/mol. The van der Waals surface area contributed by atoms with Crippen LogP contribution < -0.4 is 24.8 Å². The van der Waals surface area contributed by atoms with Crippen LogP contribution in [-0.2, 0) is 11.3 Å². The van der Waals surface area contributed by atoms with Crippen molar-refractivity contribution in [1.29, 1.82) is 0 Å². The molecule has 1 aliphatic carbocycles. The number of piperidine rings is 1. The predicted octanol–water partition coefficient (Wildman–Crippen LogP) is 6.06. The van der Waals surface area contributed by atoms with Crippen LogP contribution in [0.15, 0.2) is 66.2 Å². The lowest BCUT2D eigenvalue weighted by Gasteiger charge is -2.29. The van der Waals surface area contributed by atoms with Crippen LogP contribution in [-0.4, -0.2) is 57.3 Å². The molecule has 2 amide bonds. The van der Waals surface area contributed by atoms with Gasteiger partial charge in [0.05, 0.1) is 20.6 Å². The second kappa shape index (κ2) is 13.8. The van der Waals surface area contributed by atoms with Crippen molar-refractivity contribution < 1.29 is 28.2 Å². The van der Waals surface area contributed by atoms with E-state index in [1.165, 1.54) is 26.4 Å². The maximum Gasteiger partial charge on any atom is 0.413 e. The predicted molar refractivity (Wildman–Crippen MR) is 169 cm³/mol. The third-order valence-electron chi connectivity index (χ3n) is 8.15. The topological polar surface area (TPSA) is 89.1 Å². The average Bonchev–Trinajstić information content (AvgIpc) is 3.27. The number of fused-ring (bicyclic) bond motifs is 1. The second-order valence-electron chi connectivity index (χ2n) is 11.2. The molecular formula is C35H38FN3O5. The maximum atomic E-state index is 14.4. The van der Waals surface area contributed by atoms with E-state index in [4.69, 9.17) is 14.2 Å². The van der Waals surface area contributed by atoms with Gasteiger partial charge in [0.15, 0.2) is 11.5 Å². The molecule has 5 rings (SSSR count). The van der Waals surface area contributed by atoms with Gasteiger partial charge in [-0.3, -0.25) is 4.79 Å². The van der Waals surface area contributed by atoms with Gasteiger partial charge in [-0.15, -0.1) is 0 Å². The molecule has 0 aromatic heterocycles. The summed E-state index contributed by atoms with van der Waals surface area (Å²) < 4.78 is 31.3. The first-order valence-electron chi connectivity index (χ1n) is 14.7. The van der Waals surface area contributed by atoms with Gasteiger partial charge in [0, 0.05) is 12.6 Å². The molecule has 0 saturated carbocycles. The van der Waals surface area contributed by atoms with Gasteiger partial charge >= 0.3 is 6.09 Å². The lowest BCUT2D eigenvalue weighted by atomic mass is 10.00. The first-order chi connectivity index (χ1) is 21.2. The van der Waals surface area contributed by atoms with Crippen molar-refractivity contribution in [2.24, 2.45) is 0 Å². The van der Waals surface area contributed by atoms with E-state index in [1.54, 1.807) is 18.2 Å². The highest BCUT2D eigenvalue weighted by Gasteiger charge is 2.27. The summed E-state index contributed by atoms with van der Waals surface area (Å²) in [7, 11) is 5.06. The molecule has 44 heavy (non-hydrogen) atoms. The number of ether oxygens (including phenoxy) is 3. The Morgan fingerprint density at radius 1 is 0.977 bits per heavy atom. The Kier molecular flexibility index (Phi) is 9.65. The van der Waals surface area contributed by atoms with Crippen molar-refractivity contribution >= 4 is 29.2 Å². The van der Waals surface area contributed by atoms with Crippen LogP contribution in [0.1, 0.15) is 48.4 Å². The smallest absolute Gasteiger partial charge is 0.413 e. The lowest BCUT2D eigenvalue weighted by molar-refractivity contribution is -0.120. The maximum absolute atomic E-state index is 14.4. The second-order valence-corrected chi connectivity index (χ2v) is 11.2. The van der Waals surface area contributed by atoms with Crippen molar-refractivity contribution in [2.45, 2.75) is 38.8 Å². The minimum Gasteiger partial charge on any atom is -0.493 e. The van der Waals surface area contributed by atoms with Gasteiger partial charge in [-0.1, -0.05) is 36.4 Å². The summed E-state index contributed by atoms with van der Waals surface area (Å²) in [6.45, 7) is 4.16. The van der Waals surface area contributed by atoms with Gasteiger partial charge in [0.2, 0.25) is 11.7 Å². The van der Waals surface area contributed by atoms with E-state index in [9.17, 15) is 14.0 Å². The van der Waals surface area contributed by atoms with Crippen molar-refractivity contribution in [2.75, 3.05) is 34.4 Å². The van der Waals surface area contributed by atoms with E-state index < -0.39 is 6.09 Å². The van der Waals surface area contributed by atoms with Crippen molar-refractivity contribution in [3.8, 4) is 17.2 Å². The number of methoxy groups -OCH3 is 2. The van der Waals surface area contributed by atoms with Gasteiger partial charge in [-0.2, -0.15) is 0 Å². The molecule has 3 aromatic carbocycles. The van der Waals surface area contributed by atoms with Gasteiger partial charge in [0.25, 0.3) is 0 Å². The van der Waals surface area contributed by atoms with Crippen LogP contribution in [0.5, 0.6) is 17.2 Å². The van der Waals surface area contributed by atoms with Gasteiger partial charge < -0.3 is 29.7 Å². The summed E-state index contributed by atoms with van der Waals surface area (Å²) in [6, 6.07) is 17.9. The zero-order valence-electron chi connectivity index (χ0n) is 25.5. The number of likely N-dealkylation sites (tertiary alicyclic amines) is 1. The molecule has 0 spiro atoms. The van der Waals surface area contributed by atoms with Crippen LogP contribution >= 0.6 is 0 Å². The number of hydrogen-bond acceptors (Lipinski definition) is 6. The van der Waals surface area contributed by atoms with Crippen molar-refractivity contribution in [3.05, 3.63) is 94.3 Å². The zero-order valence-corrected chi connectivity index (χ0v) is 25.5. The normalized spacial score (nSPS) is 16.1. The molecule has 1 aliphatic heterocycles. The van der Waals surface area contributed by atoms with E-state index in [0.29, 0.717) is 23.6 Å². The Morgan fingerprint density at radius 2 is 1.66 bits per heavy atom. The number of allylic oxidation sites excluding steroid dienone is 2. The summed E-state index contributed by atoms with van der Waals surface area (Å²) in [5.74, 6) is 0.314. The molecular weight excluding hydrogens is 561 g/mol. The Balaban J connectivity index is 1.40. The lowest BCUT2D eigenvalue weighted by Crippen LogP contribution is -2.44. The highest BCUT2D eigenvalue weighted by Crippen LogP contribution is 2.45. The quantitative estimate of drug-likeness (QED) is 0.311. The first kappa shape index (κ1) is 30.8. The van der Waals surface area contributed by atoms with Gasteiger partial charge in [-0.25, -0.2) is 9.18 Å². The fourth-order valence-electron chi connectivity index (χ4n) is 5.69. The number of nitrogens with zero attached hydrogens (tertiary/aromatic N) is 1. The molecule has 0 atom stereocenters. The molecule has 230 valence electrons. The Morgan fingerprint density at radius 3 is 2.32 bits per heavy atom. The van der Waals surface area contributed by atoms with E-state index in [1.807, 2.05) is 43.3 Å². The summed E-state index contributed by atoms with van der Waals surface area (Å²) in [5.41, 5.74) is 5.72. The summed E-state index contributed by atoms with van der Waals surface area (Å²) in [4.78, 5) is 28.0. The number of amides is 2. The highest BCUT2D eigenvalue weighted by atomic mass is 19.1. The number of rotatable bonds is 9. The molecule has 0 bridgehead atoms. The van der Waals surface area contributed by atoms with E-state index in [-0.39, 0.29) is 29.9 Å². The summed E-state index contributed by atoms with van der Waals surface area (Å²) >= 11 is 0. The Labute approximate surface area is 257 Å². The molecule has 2 aliphatic rings. The van der Waals surface area contributed by atoms with Crippen LogP contribution in [0, 0.1) is 5.82 Å². The largest absolute Gasteiger partial charge is 0.493 e. The van der Waals surface area contributed by atoms with E-state index in [0.717, 1.165) is 59.3 Å². The number of carbonyl (C=O) groups is 2. The molecule has 3 aromatic rings. The van der Waals surface area contributed by atoms with Gasteiger partial charge in [-0.05, 0) is 109 Å². The minimum atomic E-state index is -0.567. The molecule has 2 N–H and O–H groups in total. The minimum absolute atomic E-state index is 0.0383. The van der Waals surface area contributed by atoms with Crippen LogP contribution in [0.3, 0.4) is 0 Å². The first-order valence-corrected chi connectivity index (χ1v) is 14.7. The molecule has 9 heteroatoms. The zero-order chi connectivity index (χ0) is 31.2. The fourth-order valence-corrected chi connectivity index (χ4v) is 5.69. The number of hydrogen-bond donors (Lipinski definition) is 2. The van der Waals surface area contributed by atoms with Gasteiger partial charge in [0.1, 0.15) is 5.82 Å². The fraction of sp³-hybridized carbons (Fsp3) is 0.314. The molecule has 0 unspecified atom stereocenters. The Bertz CT molecular complexity index is 1570. The molecule has 1 heterocycles. The van der Waals surface area contributed by atoms with E-state index >= 15 is 0 Å². The standard InChI is InChI=1S/C35H38FN3O5/c1-22-28(27-11-10-25(36)19-30(27)29(22)20-33(40)37-21-23-8-6-5-7-9-23)16-24-17-31(42-3)34(32(18-24)43-4)44-35(41)38-26-12-14-39(2)15-13-26/h5-11,16-19,26H,12-15,20-21H2,1-4H3,(H,37,40)(H,38,41)/b28-16-. The third-order valence-corrected chi connectivity index (χ3v) is 8.15. The number of halogens is 1. The summed E-state index contributed by atoms with van der Waals surface area (Å²) in [6.07, 6.45) is 3.18. The van der Waals surface area contributed by atoms with Crippen molar-refractivity contribution in [3.63, 3.8) is 0 Å². The highest BCUT2D eigenvalue weighted by molar-refractivity contribution is 6.08. The van der Waals surface area contributed by atoms with Crippen molar-refractivity contribution in [1.82, 2.24) is 15.5 Å². The molecule has 1 saturated heterocycles. The third kappa shape index (κ3) is 7.11. The molecule has 1 fully saturated rings. The summed E-state index contributed by atoms with van der Waals surface area (Å²) in [5, 5.41) is 5.91. The average molecular weight is 600 g/mol. The van der Waals surface area contributed by atoms with E-state index in [2.05, 4.69) is 22.6 Å². The Hall–Kier alpha value is -4.63.